The van der Waals surface area contributed by atoms with Gasteiger partial charge in [-0.25, -0.2) is 4.39 Å². The summed E-state index contributed by atoms with van der Waals surface area (Å²) in [4.78, 5) is 11.7. The summed E-state index contributed by atoms with van der Waals surface area (Å²) in [6.45, 7) is -0.910. The molecule has 1 unspecified atom stereocenters. The standard InChI is InChI=1S/C10H12FNO.ClH/c1-7(12-2)10(13)8-3-5-9(11)6-4-8;/h3-7,12H,1-2H3;1H/i2D3;. The topological polar surface area (TPSA) is 29.1 Å². The summed E-state index contributed by atoms with van der Waals surface area (Å²) in [5, 5.41) is 2.19. The van der Waals surface area contributed by atoms with Crippen LogP contribution in [-0.4, -0.2) is 18.8 Å². The number of benzene rings is 1. The second-order valence-electron chi connectivity index (χ2n) is 2.74. The van der Waals surface area contributed by atoms with Crippen molar-refractivity contribution < 1.29 is 13.3 Å². The van der Waals surface area contributed by atoms with E-state index in [0.29, 0.717) is 0 Å². The van der Waals surface area contributed by atoms with Crippen LogP contribution in [0.25, 0.3) is 0 Å². The minimum Gasteiger partial charge on any atom is -0.310 e. The van der Waals surface area contributed by atoms with Crippen LogP contribution in [0.1, 0.15) is 21.4 Å². The molecule has 78 valence electrons. The Hall–Kier alpha value is -0.930. The molecule has 0 aromatic heterocycles. The van der Waals surface area contributed by atoms with Crippen LogP contribution in [0.2, 0.25) is 0 Å². The number of ketones is 1. The van der Waals surface area contributed by atoms with Crippen molar-refractivity contribution in [2.45, 2.75) is 13.0 Å². The lowest BCUT2D eigenvalue weighted by Gasteiger charge is -2.08. The van der Waals surface area contributed by atoms with Gasteiger partial charge in [-0.3, -0.25) is 4.79 Å². The highest BCUT2D eigenvalue weighted by atomic mass is 35.5. The highest BCUT2D eigenvalue weighted by Gasteiger charge is 2.12. The van der Waals surface area contributed by atoms with Crippen LogP contribution < -0.4 is 5.32 Å². The summed E-state index contributed by atoms with van der Waals surface area (Å²) in [5.74, 6) is -0.816. The third-order valence-corrected chi connectivity index (χ3v) is 1.74. The average molecular weight is 221 g/mol. The molecule has 0 aliphatic heterocycles. The summed E-state index contributed by atoms with van der Waals surface area (Å²) in [6, 6.07) is 4.15. The molecule has 4 heteroatoms. The zero-order chi connectivity index (χ0) is 12.3. The molecule has 1 aromatic rings. The maximum absolute atomic E-state index is 12.6. The van der Waals surface area contributed by atoms with Crippen molar-refractivity contribution in [1.29, 1.82) is 0 Å². The first-order valence-electron chi connectivity index (χ1n) is 5.37. The van der Waals surface area contributed by atoms with Crippen LogP contribution in [0.15, 0.2) is 24.3 Å². The predicted octanol–water partition coefficient (Wildman–Crippen LogP) is 2.04. The fourth-order valence-corrected chi connectivity index (χ4v) is 0.930. The normalized spacial score (nSPS) is 15.7. The molecule has 14 heavy (non-hydrogen) atoms. The van der Waals surface area contributed by atoms with E-state index < -0.39 is 18.8 Å². The van der Waals surface area contributed by atoms with Crippen molar-refractivity contribution >= 4 is 18.2 Å². The Morgan fingerprint density at radius 3 is 2.57 bits per heavy atom. The highest BCUT2D eigenvalue weighted by molar-refractivity contribution is 5.99. The van der Waals surface area contributed by atoms with Gasteiger partial charge >= 0.3 is 0 Å². The van der Waals surface area contributed by atoms with Gasteiger partial charge in [0.15, 0.2) is 5.78 Å². The molecule has 0 radical (unpaired) electrons. The Bertz CT molecular complexity index is 380. The van der Waals surface area contributed by atoms with E-state index in [2.05, 4.69) is 5.32 Å². The molecule has 0 heterocycles. The van der Waals surface area contributed by atoms with Gasteiger partial charge < -0.3 is 5.32 Å². The molecule has 1 atom stereocenters. The molecule has 2 nitrogen and oxygen atoms in total. The van der Waals surface area contributed by atoms with Gasteiger partial charge in [0.05, 0.1) is 6.04 Å². The number of nitrogens with one attached hydrogen (secondary N) is 1. The summed E-state index contributed by atoms with van der Waals surface area (Å²) in [6.07, 6.45) is 0. The van der Waals surface area contributed by atoms with Crippen LogP contribution in [0.4, 0.5) is 4.39 Å². The largest absolute Gasteiger partial charge is 0.310 e. The van der Waals surface area contributed by atoms with Crippen molar-refractivity contribution in [2.75, 3.05) is 6.98 Å². The Morgan fingerprint density at radius 1 is 1.50 bits per heavy atom. The number of halogens is 2. The van der Waals surface area contributed by atoms with Crippen molar-refractivity contribution in [3.63, 3.8) is 0 Å². The molecule has 0 aliphatic rings. The van der Waals surface area contributed by atoms with E-state index in [9.17, 15) is 9.18 Å². The predicted molar refractivity (Wildman–Crippen MR) is 56.5 cm³/mol. The first kappa shape index (κ1) is 8.38. The maximum Gasteiger partial charge on any atom is 0.179 e. The third kappa shape index (κ3) is 3.09. The van der Waals surface area contributed by atoms with Crippen LogP contribution >= 0.6 is 12.4 Å². The lowest BCUT2D eigenvalue weighted by molar-refractivity contribution is 0.0955. The smallest absolute Gasteiger partial charge is 0.179 e. The van der Waals surface area contributed by atoms with Crippen molar-refractivity contribution in [3.8, 4) is 0 Å². The number of likely N-dealkylation sites (N-methyl/N-ethyl adjacent to an activating group) is 1. The second kappa shape index (κ2) is 5.73. The van der Waals surface area contributed by atoms with Gasteiger partial charge in [0.1, 0.15) is 5.82 Å². The molecule has 1 N–H and O–H groups in total. The number of carbonyl (C=O) groups is 1. The molecular formula is C10H13ClFNO. The maximum atomic E-state index is 12.6. The van der Waals surface area contributed by atoms with Gasteiger partial charge in [-0.15, -0.1) is 12.4 Å². The van der Waals surface area contributed by atoms with E-state index in [0.717, 1.165) is 12.1 Å². The Balaban J connectivity index is 0.00000256. The molecular weight excluding hydrogens is 205 g/mol. The fourth-order valence-electron chi connectivity index (χ4n) is 0.930. The molecule has 0 fully saturated rings. The minimum atomic E-state index is -2.37. The van der Waals surface area contributed by atoms with Crippen LogP contribution in [0.5, 0.6) is 0 Å². The Kier molecular flexibility index (Phi) is 3.43. The van der Waals surface area contributed by atoms with E-state index >= 15 is 0 Å². The number of rotatable bonds is 3. The van der Waals surface area contributed by atoms with E-state index in [1.54, 1.807) is 0 Å². The quantitative estimate of drug-likeness (QED) is 0.790. The molecule has 0 bridgehead atoms. The molecule has 0 saturated carbocycles. The van der Waals surface area contributed by atoms with Gasteiger partial charge in [0.25, 0.3) is 0 Å². The van der Waals surface area contributed by atoms with Gasteiger partial charge in [0.2, 0.25) is 0 Å². The second-order valence-corrected chi connectivity index (χ2v) is 2.74. The van der Waals surface area contributed by atoms with Gasteiger partial charge in [-0.2, -0.15) is 0 Å². The number of Topliss-reactive ketones (excluding diaryl/α,β-unsaturated/α-hetero) is 1. The van der Waals surface area contributed by atoms with E-state index in [4.69, 9.17) is 4.11 Å². The molecule has 0 spiro atoms. The van der Waals surface area contributed by atoms with Crippen molar-refractivity contribution in [2.24, 2.45) is 0 Å². The van der Waals surface area contributed by atoms with Crippen LogP contribution in [0.3, 0.4) is 0 Å². The first-order valence-corrected chi connectivity index (χ1v) is 3.87. The Labute approximate surface area is 93.1 Å². The zero-order valence-electron chi connectivity index (χ0n) is 10.6. The van der Waals surface area contributed by atoms with Crippen molar-refractivity contribution in [3.05, 3.63) is 35.6 Å². The van der Waals surface area contributed by atoms with Crippen LogP contribution in [0, 0.1) is 5.82 Å². The summed E-state index contributed by atoms with van der Waals surface area (Å²) < 4.78 is 33.5. The SMILES string of the molecule is Cl.[2H]C([2H])([2H])NC(C)C(=O)c1ccc(F)cc1. The zero-order valence-corrected chi connectivity index (χ0v) is 8.40. The summed E-state index contributed by atoms with van der Waals surface area (Å²) in [5.41, 5.74) is 0.283. The number of hydrogen-bond donors (Lipinski definition) is 1. The molecule has 1 aromatic carbocycles. The van der Waals surface area contributed by atoms with Crippen LogP contribution in [-0.2, 0) is 0 Å². The summed E-state index contributed by atoms with van der Waals surface area (Å²) >= 11 is 0. The first-order chi connectivity index (χ1) is 7.29. The lowest BCUT2D eigenvalue weighted by Crippen LogP contribution is -2.30. The molecule has 0 aliphatic carbocycles. The van der Waals surface area contributed by atoms with Gasteiger partial charge in [0, 0.05) is 9.68 Å². The number of hydrogen-bond acceptors (Lipinski definition) is 2. The molecule has 0 amide bonds. The summed E-state index contributed by atoms with van der Waals surface area (Å²) in [7, 11) is 0. The fraction of sp³-hybridized carbons (Fsp3) is 0.300. The van der Waals surface area contributed by atoms with E-state index in [-0.39, 0.29) is 23.8 Å². The van der Waals surface area contributed by atoms with Gasteiger partial charge in [-0.1, -0.05) is 0 Å². The van der Waals surface area contributed by atoms with Gasteiger partial charge in [-0.05, 0) is 38.2 Å². The molecule has 0 saturated heterocycles. The number of carbonyl (C=O) groups excluding carboxylic acids is 1. The average Bonchev–Trinajstić information content (AvgIpc) is 2.15. The van der Waals surface area contributed by atoms with E-state index in [1.165, 1.54) is 19.1 Å². The third-order valence-electron chi connectivity index (χ3n) is 1.74. The van der Waals surface area contributed by atoms with E-state index in [1.807, 2.05) is 0 Å². The minimum absolute atomic E-state index is 0. The highest BCUT2D eigenvalue weighted by Crippen LogP contribution is 2.05. The molecule has 1 rings (SSSR count). The van der Waals surface area contributed by atoms with Crippen molar-refractivity contribution in [1.82, 2.24) is 5.32 Å². The lowest BCUT2D eigenvalue weighted by atomic mass is 10.1. The monoisotopic (exact) mass is 220 g/mol. The Morgan fingerprint density at radius 2 is 2.07 bits per heavy atom.